The maximum atomic E-state index is 14.1. The van der Waals surface area contributed by atoms with Crippen molar-refractivity contribution in [3.8, 4) is 22.6 Å². The largest absolute Gasteiger partial charge is 0.457 e. The quantitative estimate of drug-likeness (QED) is 0.481. The molecule has 4 nitrogen and oxygen atoms in total. The van der Waals surface area contributed by atoms with Gasteiger partial charge in [0.05, 0.1) is 11.4 Å². The van der Waals surface area contributed by atoms with Crippen LogP contribution in [0.25, 0.3) is 11.1 Å². The van der Waals surface area contributed by atoms with Gasteiger partial charge in [-0.15, -0.1) is 0 Å². The van der Waals surface area contributed by atoms with Crippen LogP contribution < -0.4 is 16.2 Å². The second-order valence-corrected chi connectivity index (χ2v) is 9.15. The normalized spacial score (nSPS) is 17.1. The van der Waals surface area contributed by atoms with Crippen LogP contribution >= 0.6 is 0 Å². The van der Waals surface area contributed by atoms with Crippen LogP contribution in [-0.4, -0.2) is 17.0 Å². The van der Waals surface area contributed by atoms with E-state index in [0.29, 0.717) is 28.4 Å². The maximum Gasteiger partial charge on any atom is 0.134 e. The molecule has 0 bridgehead atoms. The first-order chi connectivity index (χ1) is 14.7. The minimum absolute atomic E-state index is 0.0377. The van der Waals surface area contributed by atoms with Crippen molar-refractivity contribution in [2.24, 2.45) is 0 Å². The summed E-state index contributed by atoms with van der Waals surface area (Å²) in [5.74, 6) is 1.14. The Bertz CT molecular complexity index is 1070. The predicted octanol–water partition coefficient (Wildman–Crippen LogP) is 6.38. The lowest BCUT2D eigenvalue weighted by molar-refractivity contribution is 0.120. The molecule has 1 unspecified atom stereocenters. The van der Waals surface area contributed by atoms with Gasteiger partial charge in [-0.05, 0) is 70.0 Å². The third kappa shape index (κ3) is 4.37. The molecular weight excluding hydrogens is 389 g/mol. The van der Waals surface area contributed by atoms with Crippen molar-refractivity contribution in [2.75, 3.05) is 18.0 Å². The van der Waals surface area contributed by atoms with Crippen LogP contribution in [0.1, 0.15) is 45.2 Å². The molecule has 0 aromatic heterocycles. The summed E-state index contributed by atoms with van der Waals surface area (Å²) < 4.78 is 20.4. The minimum Gasteiger partial charge on any atom is -0.457 e. The first kappa shape index (κ1) is 21.2. The number of halogens is 1. The van der Waals surface area contributed by atoms with Gasteiger partial charge in [-0.3, -0.25) is 4.90 Å². The average molecular weight is 420 g/mol. The van der Waals surface area contributed by atoms with Crippen LogP contribution in [0.2, 0.25) is 0 Å². The van der Waals surface area contributed by atoms with Crippen LogP contribution in [0, 0.1) is 5.82 Å². The molecule has 1 heterocycles. The van der Waals surface area contributed by atoms with Gasteiger partial charge >= 0.3 is 0 Å². The first-order valence-electron chi connectivity index (χ1n) is 10.7. The van der Waals surface area contributed by atoms with Crippen molar-refractivity contribution in [3.05, 3.63) is 72.0 Å². The fourth-order valence-electron chi connectivity index (χ4n) is 4.40. The fraction of sp³-hybridized carbons (Fsp3) is 0.308. The molecule has 3 aromatic carbocycles. The van der Waals surface area contributed by atoms with Gasteiger partial charge in [0.25, 0.3) is 0 Å². The van der Waals surface area contributed by atoms with Gasteiger partial charge in [-0.1, -0.05) is 30.3 Å². The van der Waals surface area contributed by atoms with Gasteiger partial charge in [0.15, 0.2) is 0 Å². The molecular formula is C26H30FN3O. The third-order valence-electron chi connectivity index (χ3n) is 5.96. The van der Waals surface area contributed by atoms with Crippen LogP contribution in [0.5, 0.6) is 11.5 Å². The zero-order valence-corrected chi connectivity index (χ0v) is 18.4. The highest BCUT2D eigenvalue weighted by Crippen LogP contribution is 2.44. The lowest BCUT2D eigenvalue weighted by Crippen LogP contribution is -2.40. The lowest BCUT2D eigenvalue weighted by atomic mass is 9.97. The molecule has 5 heteroatoms. The molecule has 1 aliphatic rings. The molecule has 1 fully saturated rings. The van der Waals surface area contributed by atoms with Gasteiger partial charge in [0.1, 0.15) is 17.3 Å². The Labute approximate surface area is 183 Å². The summed E-state index contributed by atoms with van der Waals surface area (Å²) in [6, 6.07) is 18.2. The summed E-state index contributed by atoms with van der Waals surface area (Å²) in [4.78, 5) is 2.49. The van der Waals surface area contributed by atoms with E-state index in [1.54, 1.807) is 12.1 Å². The standard InChI is InChI=1S/C26H30FN3O/c1-26(2,3)30-14-6-9-24(30)20-15-22(28)23(29)16-25(20)31-18-12-10-17(11-13-18)19-7-4-5-8-21(19)27/h4-5,7-8,10-13,15-16,24H,6,9,14,28-29H2,1-3H3. The zero-order valence-electron chi connectivity index (χ0n) is 18.4. The number of nitrogen functional groups attached to an aromatic ring is 2. The van der Waals surface area contributed by atoms with E-state index in [1.807, 2.05) is 42.5 Å². The van der Waals surface area contributed by atoms with Crippen molar-refractivity contribution in [1.82, 2.24) is 4.90 Å². The van der Waals surface area contributed by atoms with Crippen LogP contribution in [0.15, 0.2) is 60.7 Å². The minimum atomic E-state index is -0.242. The predicted molar refractivity (Wildman–Crippen MR) is 126 cm³/mol. The molecule has 1 atom stereocenters. The molecule has 3 aromatic rings. The second kappa shape index (κ2) is 8.23. The smallest absolute Gasteiger partial charge is 0.134 e. The fourth-order valence-corrected chi connectivity index (χ4v) is 4.40. The van der Waals surface area contributed by atoms with Gasteiger partial charge in [0, 0.05) is 28.8 Å². The molecule has 0 saturated carbocycles. The summed E-state index contributed by atoms with van der Waals surface area (Å²) in [6.07, 6.45) is 2.17. The van der Waals surface area contributed by atoms with Gasteiger partial charge in [-0.25, -0.2) is 4.39 Å². The zero-order chi connectivity index (χ0) is 22.2. The molecule has 4 rings (SSSR count). The van der Waals surface area contributed by atoms with Crippen molar-refractivity contribution < 1.29 is 9.13 Å². The Morgan fingerprint density at radius 3 is 2.32 bits per heavy atom. The third-order valence-corrected chi connectivity index (χ3v) is 5.96. The molecule has 1 saturated heterocycles. The Hall–Kier alpha value is -3.05. The summed E-state index contributed by atoms with van der Waals surface area (Å²) in [6.45, 7) is 7.73. The summed E-state index contributed by atoms with van der Waals surface area (Å²) in [7, 11) is 0. The summed E-state index contributed by atoms with van der Waals surface area (Å²) in [5.41, 5.74) is 15.8. The van der Waals surface area contributed by atoms with E-state index < -0.39 is 0 Å². The van der Waals surface area contributed by atoms with Crippen LogP contribution in [-0.2, 0) is 0 Å². The Balaban J connectivity index is 1.66. The van der Waals surface area contributed by atoms with Crippen molar-refractivity contribution in [1.29, 1.82) is 0 Å². The van der Waals surface area contributed by atoms with E-state index in [-0.39, 0.29) is 17.4 Å². The van der Waals surface area contributed by atoms with Crippen molar-refractivity contribution in [3.63, 3.8) is 0 Å². The number of hydrogen-bond donors (Lipinski definition) is 2. The maximum absolute atomic E-state index is 14.1. The molecule has 0 radical (unpaired) electrons. The van der Waals surface area contributed by atoms with Gasteiger partial charge in [0.2, 0.25) is 0 Å². The Morgan fingerprint density at radius 1 is 0.968 bits per heavy atom. The van der Waals surface area contributed by atoms with Gasteiger partial charge in [-0.2, -0.15) is 0 Å². The molecule has 162 valence electrons. The van der Waals surface area contributed by atoms with E-state index in [9.17, 15) is 4.39 Å². The lowest BCUT2D eigenvalue weighted by Gasteiger charge is -2.37. The van der Waals surface area contributed by atoms with E-state index in [2.05, 4.69) is 25.7 Å². The molecule has 0 amide bonds. The number of ether oxygens (including phenoxy) is 1. The molecule has 0 spiro atoms. The molecule has 31 heavy (non-hydrogen) atoms. The highest BCUT2D eigenvalue weighted by Gasteiger charge is 2.35. The number of rotatable bonds is 4. The Kier molecular flexibility index (Phi) is 5.63. The highest BCUT2D eigenvalue weighted by atomic mass is 19.1. The van der Waals surface area contributed by atoms with Crippen molar-refractivity contribution >= 4 is 11.4 Å². The number of anilines is 2. The number of benzene rings is 3. The van der Waals surface area contributed by atoms with E-state index >= 15 is 0 Å². The summed E-state index contributed by atoms with van der Waals surface area (Å²) >= 11 is 0. The number of likely N-dealkylation sites (tertiary alicyclic amines) is 1. The van der Waals surface area contributed by atoms with E-state index in [1.165, 1.54) is 6.07 Å². The monoisotopic (exact) mass is 419 g/mol. The topological polar surface area (TPSA) is 64.5 Å². The second-order valence-electron chi connectivity index (χ2n) is 9.15. The summed E-state index contributed by atoms with van der Waals surface area (Å²) in [5, 5.41) is 0. The van der Waals surface area contributed by atoms with E-state index in [0.717, 1.165) is 30.5 Å². The molecule has 4 N–H and O–H groups in total. The van der Waals surface area contributed by atoms with Crippen LogP contribution in [0.4, 0.5) is 15.8 Å². The number of nitrogens with zero attached hydrogens (tertiary/aromatic N) is 1. The first-order valence-corrected chi connectivity index (χ1v) is 10.7. The molecule has 0 aliphatic carbocycles. The van der Waals surface area contributed by atoms with E-state index in [4.69, 9.17) is 16.2 Å². The SMILES string of the molecule is CC(C)(C)N1CCCC1c1cc(N)c(N)cc1Oc1ccc(-c2ccccc2F)cc1. The van der Waals surface area contributed by atoms with Gasteiger partial charge < -0.3 is 16.2 Å². The average Bonchev–Trinajstić information content (AvgIpc) is 3.22. The number of nitrogens with two attached hydrogens (primary N) is 2. The Morgan fingerprint density at radius 2 is 1.65 bits per heavy atom. The molecule has 1 aliphatic heterocycles. The van der Waals surface area contributed by atoms with Crippen LogP contribution in [0.3, 0.4) is 0 Å². The highest BCUT2D eigenvalue weighted by molar-refractivity contribution is 5.69. The number of hydrogen-bond acceptors (Lipinski definition) is 4. The van der Waals surface area contributed by atoms with Crippen molar-refractivity contribution in [2.45, 2.75) is 45.2 Å².